The Bertz CT molecular complexity index is 914. The molecule has 2 aromatic carbocycles. The quantitative estimate of drug-likeness (QED) is 0.806. The van der Waals surface area contributed by atoms with Crippen molar-refractivity contribution in [2.75, 3.05) is 4.72 Å². The molecular formula is C15H14N2O3S. The van der Waals surface area contributed by atoms with Crippen molar-refractivity contribution >= 4 is 26.8 Å². The number of nitrogens with zero attached hydrogens (tertiary/aromatic N) is 1. The zero-order valence-corrected chi connectivity index (χ0v) is 12.4. The maximum absolute atomic E-state index is 12.4. The molecule has 1 aromatic heterocycles. The van der Waals surface area contributed by atoms with E-state index in [-0.39, 0.29) is 4.90 Å². The van der Waals surface area contributed by atoms with Gasteiger partial charge in [0.1, 0.15) is 5.52 Å². The predicted octanol–water partition coefficient (Wildman–Crippen LogP) is 3.25. The van der Waals surface area contributed by atoms with Crippen LogP contribution in [0.1, 0.15) is 11.5 Å². The Labute approximate surface area is 122 Å². The van der Waals surface area contributed by atoms with Crippen molar-refractivity contribution in [3.63, 3.8) is 0 Å². The average Bonchev–Trinajstić information content (AvgIpc) is 2.78. The maximum Gasteiger partial charge on any atom is 0.262 e. The Balaban J connectivity index is 1.99. The molecular weight excluding hydrogens is 288 g/mol. The lowest BCUT2D eigenvalue weighted by atomic mass is 10.2. The summed E-state index contributed by atoms with van der Waals surface area (Å²) in [6.07, 6.45) is 0. The number of oxazole rings is 1. The van der Waals surface area contributed by atoms with E-state index in [9.17, 15) is 8.42 Å². The molecule has 0 saturated heterocycles. The van der Waals surface area contributed by atoms with E-state index in [1.807, 2.05) is 0 Å². The van der Waals surface area contributed by atoms with Gasteiger partial charge in [-0.25, -0.2) is 13.4 Å². The minimum absolute atomic E-state index is 0.263. The van der Waals surface area contributed by atoms with Gasteiger partial charge >= 0.3 is 0 Å². The van der Waals surface area contributed by atoms with Gasteiger partial charge in [-0.3, -0.25) is 4.72 Å². The third-order valence-corrected chi connectivity index (χ3v) is 4.67. The number of sulfonamides is 1. The van der Waals surface area contributed by atoms with Crippen LogP contribution in [0.3, 0.4) is 0 Å². The second-order valence-electron chi connectivity index (χ2n) is 4.79. The highest BCUT2D eigenvalue weighted by Crippen LogP contribution is 2.23. The van der Waals surface area contributed by atoms with E-state index in [0.717, 1.165) is 0 Å². The summed E-state index contributed by atoms with van der Waals surface area (Å²) in [5.74, 6) is 0.545. The number of aryl methyl sites for hydroxylation is 2. The first-order valence-corrected chi connectivity index (χ1v) is 7.90. The topological polar surface area (TPSA) is 72.2 Å². The van der Waals surface area contributed by atoms with E-state index in [0.29, 0.717) is 28.2 Å². The lowest BCUT2D eigenvalue weighted by molar-refractivity contribution is 0.561. The molecule has 0 aliphatic heterocycles. The minimum Gasteiger partial charge on any atom is -0.441 e. The lowest BCUT2D eigenvalue weighted by Gasteiger charge is -2.09. The van der Waals surface area contributed by atoms with Crippen LogP contribution in [0.25, 0.3) is 11.1 Å². The van der Waals surface area contributed by atoms with Crippen molar-refractivity contribution in [2.45, 2.75) is 18.7 Å². The second kappa shape index (κ2) is 4.89. The number of rotatable bonds is 3. The highest BCUT2D eigenvalue weighted by molar-refractivity contribution is 7.92. The molecule has 6 heteroatoms. The molecule has 1 heterocycles. The molecule has 0 saturated carbocycles. The van der Waals surface area contributed by atoms with Crippen molar-refractivity contribution in [1.82, 2.24) is 4.98 Å². The van der Waals surface area contributed by atoms with Gasteiger partial charge in [-0.05, 0) is 30.7 Å². The van der Waals surface area contributed by atoms with Crippen LogP contribution in [0.2, 0.25) is 0 Å². The first kappa shape index (κ1) is 13.6. The van der Waals surface area contributed by atoms with Gasteiger partial charge in [0, 0.05) is 13.0 Å². The van der Waals surface area contributed by atoms with Gasteiger partial charge in [-0.1, -0.05) is 18.2 Å². The van der Waals surface area contributed by atoms with Gasteiger partial charge in [0.25, 0.3) is 10.0 Å². The molecule has 1 N–H and O–H groups in total. The van der Waals surface area contributed by atoms with Gasteiger partial charge in [0.05, 0.1) is 10.6 Å². The van der Waals surface area contributed by atoms with Gasteiger partial charge in [0.2, 0.25) is 0 Å². The highest BCUT2D eigenvalue weighted by atomic mass is 32.2. The third-order valence-electron chi connectivity index (χ3n) is 3.13. The summed E-state index contributed by atoms with van der Waals surface area (Å²) in [4.78, 5) is 4.44. The molecule has 0 aliphatic carbocycles. The third kappa shape index (κ3) is 2.62. The minimum atomic E-state index is -3.62. The molecule has 3 aromatic rings. The number of hydrogen-bond donors (Lipinski definition) is 1. The summed E-state index contributed by atoms with van der Waals surface area (Å²) >= 11 is 0. The molecule has 0 amide bonds. The Kier molecular flexibility index (Phi) is 3.17. The number of aromatic nitrogens is 1. The standard InChI is InChI=1S/C15H14N2O3S/c1-10-5-3-4-6-15(10)21(18,19)17-12-7-8-13-14(9-12)20-11(2)16-13/h3-9,17H,1-2H3. The van der Waals surface area contributed by atoms with Crippen molar-refractivity contribution in [3.05, 3.63) is 53.9 Å². The second-order valence-corrected chi connectivity index (χ2v) is 6.44. The van der Waals surface area contributed by atoms with E-state index in [2.05, 4.69) is 9.71 Å². The fraction of sp³-hybridized carbons (Fsp3) is 0.133. The van der Waals surface area contributed by atoms with Crippen LogP contribution < -0.4 is 4.72 Å². The summed E-state index contributed by atoms with van der Waals surface area (Å²) < 4.78 is 32.8. The number of anilines is 1. The molecule has 0 spiro atoms. The van der Waals surface area contributed by atoms with Gasteiger partial charge < -0.3 is 4.42 Å². The van der Waals surface area contributed by atoms with Crippen molar-refractivity contribution < 1.29 is 12.8 Å². The fourth-order valence-electron chi connectivity index (χ4n) is 2.17. The Morgan fingerprint density at radius 2 is 1.86 bits per heavy atom. The van der Waals surface area contributed by atoms with Crippen LogP contribution in [-0.2, 0) is 10.0 Å². The van der Waals surface area contributed by atoms with Gasteiger partial charge in [0.15, 0.2) is 11.5 Å². The summed E-state index contributed by atoms with van der Waals surface area (Å²) in [6.45, 7) is 3.51. The zero-order chi connectivity index (χ0) is 15.0. The zero-order valence-electron chi connectivity index (χ0n) is 11.6. The number of hydrogen-bond acceptors (Lipinski definition) is 4. The summed E-state index contributed by atoms with van der Waals surface area (Å²) in [5, 5.41) is 0. The monoisotopic (exact) mass is 302 g/mol. The van der Waals surface area contributed by atoms with E-state index in [1.165, 1.54) is 0 Å². The maximum atomic E-state index is 12.4. The molecule has 0 fully saturated rings. The number of benzene rings is 2. The van der Waals surface area contributed by atoms with Crippen LogP contribution in [0.4, 0.5) is 5.69 Å². The predicted molar refractivity (Wildman–Crippen MR) is 80.7 cm³/mol. The molecule has 0 aliphatic rings. The molecule has 0 unspecified atom stereocenters. The van der Waals surface area contributed by atoms with Crippen molar-refractivity contribution in [2.24, 2.45) is 0 Å². The molecule has 3 rings (SSSR count). The highest BCUT2D eigenvalue weighted by Gasteiger charge is 2.16. The largest absolute Gasteiger partial charge is 0.441 e. The molecule has 108 valence electrons. The van der Waals surface area contributed by atoms with E-state index in [4.69, 9.17) is 4.42 Å². The van der Waals surface area contributed by atoms with Gasteiger partial charge in [-0.2, -0.15) is 0 Å². The van der Waals surface area contributed by atoms with Crippen molar-refractivity contribution in [1.29, 1.82) is 0 Å². The Morgan fingerprint density at radius 1 is 1.10 bits per heavy atom. The summed E-state index contributed by atoms with van der Waals surface area (Å²) in [7, 11) is -3.62. The molecule has 0 radical (unpaired) electrons. The first-order chi connectivity index (χ1) is 9.95. The van der Waals surface area contributed by atoms with E-state index >= 15 is 0 Å². The summed E-state index contributed by atoms with van der Waals surface area (Å²) in [6, 6.07) is 11.9. The van der Waals surface area contributed by atoms with Crippen LogP contribution in [-0.4, -0.2) is 13.4 Å². The van der Waals surface area contributed by atoms with Crippen LogP contribution in [0.5, 0.6) is 0 Å². The van der Waals surface area contributed by atoms with Crippen LogP contribution >= 0.6 is 0 Å². The molecule has 21 heavy (non-hydrogen) atoms. The number of nitrogens with one attached hydrogen (secondary N) is 1. The smallest absolute Gasteiger partial charge is 0.262 e. The number of fused-ring (bicyclic) bond motifs is 1. The average molecular weight is 302 g/mol. The Morgan fingerprint density at radius 3 is 2.62 bits per heavy atom. The van der Waals surface area contributed by atoms with E-state index in [1.54, 1.807) is 56.3 Å². The van der Waals surface area contributed by atoms with Crippen LogP contribution in [0, 0.1) is 13.8 Å². The molecule has 0 bridgehead atoms. The van der Waals surface area contributed by atoms with Gasteiger partial charge in [-0.15, -0.1) is 0 Å². The summed E-state index contributed by atoms with van der Waals surface area (Å²) in [5.41, 5.74) is 2.40. The SMILES string of the molecule is Cc1nc2ccc(NS(=O)(=O)c3ccccc3C)cc2o1. The van der Waals surface area contributed by atoms with Crippen LogP contribution in [0.15, 0.2) is 51.8 Å². The Hall–Kier alpha value is -2.34. The normalized spacial score (nSPS) is 11.7. The molecule has 0 atom stereocenters. The van der Waals surface area contributed by atoms with E-state index < -0.39 is 10.0 Å². The van der Waals surface area contributed by atoms with Crippen molar-refractivity contribution in [3.8, 4) is 0 Å². The molecule has 5 nitrogen and oxygen atoms in total. The lowest BCUT2D eigenvalue weighted by Crippen LogP contribution is -2.14. The fourth-order valence-corrected chi connectivity index (χ4v) is 3.47. The first-order valence-electron chi connectivity index (χ1n) is 6.41.